The molecule has 9 aromatic carbocycles. The van der Waals surface area contributed by atoms with E-state index in [0.717, 1.165) is 0 Å². The van der Waals surface area contributed by atoms with Crippen LogP contribution in [-0.4, -0.2) is 0 Å². The zero-order chi connectivity index (χ0) is 37.1. The van der Waals surface area contributed by atoms with Gasteiger partial charge in [-0.2, -0.15) is 0 Å². The van der Waals surface area contributed by atoms with E-state index in [9.17, 15) is 0 Å². The molecule has 0 bridgehead atoms. The summed E-state index contributed by atoms with van der Waals surface area (Å²) in [4.78, 5) is 0. The highest BCUT2D eigenvalue weighted by Crippen LogP contribution is 2.59. The maximum atomic E-state index is 2.45. The number of benzene rings is 9. The van der Waals surface area contributed by atoms with Crippen LogP contribution in [0.25, 0.3) is 44.5 Å². The largest absolute Gasteiger partial charge is 0.0713 e. The molecule has 0 saturated carbocycles. The molecular weight excluding hydrogens is 673 g/mol. The van der Waals surface area contributed by atoms with Gasteiger partial charge in [-0.15, -0.1) is 0 Å². The first-order valence-corrected chi connectivity index (χ1v) is 19.6. The SMILES string of the molecule is c1ccc(-c2cccc(C3(c4ccccc4)c4ccccc4-c4cc(-c5ccc6c(c5)-c5ccccc5C6(c5ccccc5)c5ccccc5)ccc43)c2)cc1. The van der Waals surface area contributed by atoms with Gasteiger partial charge in [-0.05, 0) is 107 Å². The Labute approximate surface area is 329 Å². The van der Waals surface area contributed by atoms with Crippen molar-refractivity contribution in [2.45, 2.75) is 10.8 Å². The average Bonchev–Trinajstić information content (AvgIpc) is 3.76. The Morgan fingerprint density at radius 3 is 1.02 bits per heavy atom. The van der Waals surface area contributed by atoms with E-state index in [4.69, 9.17) is 0 Å². The van der Waals surface area contributed by atoms with Crippen molar-refractivity contribution >= 4 is 0 Å². The van der Waals surface area contributed by atoms with Crippen molar-refractivity contribution in [2.24, 2.45) is 0 Å². The van der Waals surface area contributed by atoms with Crippen molar-refractivity contribution in [3.63, 3.8) is 0 Å². The van der Waals surface area contributed by atoms with Crippen LogP contribution in [-0.2, 0) is 10.8 Å². The Kier molecular flexibility index (Phi) is 7.41. The van der Waals surface area contributed by atoms with E-state index >= 15 is 0 Å². The maximum absolute atomic E-state index is 2.45. The van der Waals surface area contributed by atoms with Crippen molar-refractivity contribution in [2.75, 3.05) is 0 Å². The summed E-state index contributed by atoms with van der Waals surface area (Å²) in [7, 11) is 0. The number of hydrogen-bond donors (Lipinski definition) is 0. The summed E-state index contributed by atoms with van der Waals surface area (Å²) in [6, 6.07) is 85.6. The Morgan fingerprint density at radius 1 is 0.196 bits per heavy atom. The zero-order valence-corrected chi connectivity index (χ0v) is 30.9. The molecule has 0 nitrogen and oxygen atoms in total. The van der Waals surface area contributed by atoms with Gasteiger partial charge in [0, 0.05) is 0 Å². The fraction of sp³-hybridized carbons (Fsp3) is 0.0357. The molecule has 0 N–H and O–H groups in total. The summed E-state index contributed by atoms with van der Waals surface area (Å²) < 4.78 is 0. The van der Waals surface area contributed by atoms with Gasteiger partial charge in [-0.25, -0.2) is 0 Å². The lowest BCUT2D eigenvalue weighted by Gasteiger charge is -2.34. The van der Waals surface area contributed by atoms with Gasteiger partial charge < -0.3 is 0 Å². The Hall–Kier alpha value is -7.02. The standard InChI is InChI=1S/C56H38/c1-5-18-39(19-6-1)40-20-17-27-46(36-40)56(45-25-11-4-12-26-45)52-31-16-14-29-48(52)50-38-42(33-35-54(50)56)41-32-34-53-49(37-41)47-28-13-15-30-51(47)55(53,43-21-7-2-8-22-43)44-23-9-3-10-24-44/h1-38H. The third-order valence-electron chi connectivity index (χ3n) is 12.4. The molecule has 1 unspecified atom stereocenters. The molecule has 1 atom stereocenters. The molecule has 0 fully saturated rings. The van der Waals surface area contributed by atoms with Crippen LogP contribution in [0.3, 0.4) is 0 Å². The third kappa shape index (κ3) is 4.60. The van der Waals surface area contributed by atoms with Crippen molar-refractivity contribution in [1.82, 2.24) is 0 Å². The van der Waals surface area contributed by atoms with Crippen LogP contribution >= 0.6 is 0 Å². The van der Waals surface area contributed by atoms with E-state index in [1.165, 1.54) is 89.0 Å². The van der Waals surface area contributed by atoms with Crippen molar-refractivity contribution in [1.29, 1.82) is 0 Å². The van der Waals surface area contributed by atoms with Crippen LogP contribution in [0.5, 0.6) is 0 Å². The second kappa shape index (κ2) is 12.8. The van der Waals surface area contributed by atoms with Crippen LogP contribution in [0, 0.1) is 0 Å². The second-order valence-corrected chi connectivity index (χ2v) is 15.2. The molecule has 9 aromatic rings. The van der Waals surface area contributed by atoms with Crippen molar-refractivity contribution in [3.05, 3.63) is 275 Å². The molecule has 0 spiro atoms. The summed E-state index contributed by atoms with van der Waals surface area (Å²) in [6.07, 6.45) is 0. The molecule has 0 saturated heterocycles. The minimum atomic E-state index is -0.474. The molecule has 0 aliphatic heterocycles. The predicted octanol–water partition coefficient (Wildman–Crippen LogP) is 13.7. The van der Waals surface area contributed by atoms with Gasteiger partial charge in [0.15, 0.2) is 0 Å². The molecule has 11 rings (SSSR count). The van der Waals surface area contributed by atoms with Gasteiger partial charge in [0.1, 0.15) is 0 Å². The molecule has 2 aliphatic carbocycles. The van der Waals surface area contributed by atoms with E-state index < -0.39 is 10.8 Å². The van der Waals surface area contributed by atoms with E-state index in [1.807, 2.05) is 0 Å². The predicted molar refractivity (Wildman–Crippen MR) is 232 cm³/mol. The Morgan fingerprint density at radius 2 is 0.536 bits per heavy atom. The molecule has 262 valence electrons. The Bertz CT molecular complexity index is 2850. The van der Waals surface area contributed by atoms with Gasteiger partial charge in [0.25, 0.3) is 0 Å². The van der Waals surface area contributed by atoms with Gasteiger partial charge in [0.2, 0.25) is 0 Å². The van der Waals surface area contributed by atoms with Crippen LogP contribution in [0.4, 0.5) is 0 Å². The fourth-order valence-electron chi connectivity index (χ4n) is 10.1. The van der Waals surface area contributed by atoms with Crippen LogP contribution in [0.15, 0.2) is 231 Å². The van der Waals surface area contributed by atoms with Crippen molar-refractivity contribution < 1.29 is 0 Å². The molecule has 0 amide bonds. The number of fused-ring (bicyclic) bond motifs is 6. The van der Waals surface area contributed by atoms with Crippen LogP contribution < -0.4 is 0 Å². The minimum absolute atomic E-state index is 0.409. The summed E-state index contributed by atoms with van der Waals surface area (Å²) in [5.74, 6) is 0. The summed E-state index contributed by atoms with van der Waals surface area (Å²) in [5.41, 5.74) is 19.6. The lowest BCUT2D eigenvalue weighted by atomic mass is 9.67. The first-order chi connectivity index (χ1) is 27.8. The molecule has 0 radical (unpaired) electrons. The molecular formula is C56H38. The number of rotatable bonds is 6. The summed E-state index contributed by atoms with van der Waals surface area (Å²) in [6.45, 7) is 0. The fourth-order valence-corrected chi connectivity index (χ4v) is 10.1. The Balaban J connectivity index is 1.12. The molecule has 0 aromatic heterocycles. The summed E-state index contributed by atoms with van der Waals surface area (Å²) in [5, 5.41) is 0. The highest BCUT2D eigenvalue weighted by molar-refractivity contribution is 5.92. The zero-order valence-electron chi connectivity index (χ0n) is 30.9. The molecule has 56 heavy (non-hydrogen) atoms. The van der Waals surface area contributed by atoms with Crippen molar-refractivity contribution in [3.8, 4) is 44.5 Å². The van der Waals surface area contributed by atoms with E-state index in [0.29, 0.717) is 0 Å². The van der Waals surface area contributed by atoms with Crippen LogP contribution in [0.2, 0.25) is 0 Å². The smallest absolute Gasteiger partial charge is 0.0622 e. The van der Waals surface area contributed by atoms with E-state index in [1.54, 1.807) is 0 Å². The van der Waals surface area contributed by atoms with Crippen LogP contribution in [0.1, 0.15) is 44.5 Å². The molecule has 2 aliphatic rings. The average molecular weight is 711 g/mol. The highest BCUT2D eigenvalue weighted by atomic mass is 14.5. The van der Waals surface area contributed by atoms with E-state index in [2.05, 4.69) is 231 Å². The second-order valence-electron chi connectivity index (χ2n) is 15.2. The lowest BCUT2D eigenvalue weighted by molar-refractivity contribution is 0.768. The normalized spacial score (nSPS) is 15.7. The highest BCUT2D eigenvalue weighted by Gasteiger charge is 2.47. The van der Waals surface area contributed by atoms with Gasteiger partial charge in [-0.3, -0.25) is 0 Å². The van der Waals surface area contributed by atoms with Gasteiger partial charge in [-0.1, -0.05) is 212 Å². The third-order valence-corrected chi connectivity index (χ3v) is 12.4. The first kappa shape index (κ1) is 32.4. The topological polar surface area (TPSA) is 0 Å². The number of hydrogen-bond acceptors (Lipinski definition) is 0. The van der Waals surface area contributed by atoms with Gasteiger partial charge in [0.05, 0.1) is 10.8 Å². The molecule has 0 heterocycles. The summed E-state index contributed by atoms with van der Waals surface area (Å²) >= 11 is 0. The minimum Gasteiger partial charge on any atom is -0.0622 e. The maximum Gasteiger partial charge on any atom is 0.0713 e. The van der Waals surface area contributed by atoms with Gasteiger partial charge >= 0.3 is 0 Å². The quantitative estimate of drug-likeness (QED) is 0.161. The first-order valence-electron chi connectivity index (χ1n) is 19.6. The molecule has 0 heteroatoms. The van der Waals surface area contributed by atoms with E-state index in [-0.39, 0.29) is 0 Å². The monoisotopic (exact) mass is 710 g/mol. The lowest BCUT2D eigenvalue weighted by Crippen LogP contribution is -2.28.